The molecule has 0 bridgehead atoms. The van der Waals surface area contributed by atoms with Crippen LogP contribution in [0.15, 0.2) is 29.0 Å². The Kier molecular flexibility index (Phi) is 9.30. The van der Waals surface area contributed by atoms with Crippen LogP contribution < -0.4 is 5.32 Å². The van der Waals surface area contributed by atoms with Gasteiger partial charge in [-0.05, 0) is 50.7 Å². The van der Waals surface area contributed by atoms with Crippen molar-refractivity contribution in [3.05, 3.63) is 62.3 Å². The summed E-state index contributed by atoms with van der Waals surface area (Å²) in [5, 5.41) is 20.0. The van der Waals surface area contributed by atoms with E-state index in [1.54, 1.807) is 6.07 Å². The Labute approximate surface area is 279 Å². The van der Waals surface area contributed by atoms with Crippen LogP contribution in [-0.2, 0) is 21.7 Å². The summed E-state index contributed by atoms with van der Waals surface area (Å²) in [6.45, 7) is 4.47. The Morgan fingerprint density at radius 1 is 1.15 bits per heavy atom. The maximum absolute atomic E-state index is 15.1. The van der Waals surface area contributed by atoms with Gasteiger partial charge in [0, 0.05) is 61.2 Å². The van der Waals surface area contributed by atoms with Crippen molar-refractivity contribution in [3.63, 3.8) is 0 Å². The van der Waals surface area contributed by atoms with E-state index in [1.807, 2.05) is 0 Å². The van der Waals surface area contributed by atoms with Gasteiger partial charge in [0.2, 0.25) is 0 Å². The summed E-state index contributed by atoms with van der Waals surface area (Å²) >= 11 is 14.1. The van der Waals surface area contributed by atoms with Crippen molar-refractivity contribution < 1.29 is 28.3 Å². The normalized spacial score (nSPS) is 22.4. The second-order valence-electron chi connectivity index (χ2n) is 12.2. The van der Waals surface area contributed by atoms with Crippen LogP contribution in [0.2, 0.25) is 10.0 Å². The van der Waals surface area contributed by atoms with E-state index in [0.717, 1.165) is 37.3 Å². The van der Waals surface area contributed by atoms with Crippen molar-refractivity contribution in [2.24, 2.45) is 0 Å². The summed E-state index contributed by atoms with van der Waals surface area (Å²) in [6.07, 6.45) is 6.97. The van der Waals surface area contributed by atoms with Crippen LogP contribution in [0.5, 0.6) is 0 Å². The van der Waals surface area contributed by atoms with Crippen LogP contribution in [0.4, 0.5) is 4.39 Å². The van der Waals surface area contributed by atoms with E-state index < -0.39 is 11.4 Å². The van der Waals surface area contributed by atoms with Gasteiger partial charge in [-0.25, -0.2) is 9.37 Å². The summed E-state index contributed by atoms with van der Waals surface area (Å²) in [5.74, 6) is 0.184. The van der Waals surface area contributed by atoms with Crippen molar-refractivity contribution in [1.82, 2.24) is 25.3 Å². The first-order valence-corrected chi connectivity index (χ1v) is 17.2. The van der Waals surface area contributed by atoms with E-state index >= 15 is 4.39 Å². The maximum atomic E-state index is 15.1. The smallest absolute Gasteiger partial charge is 0.251 e. The lowest BCUT2D eigenvalue weighted by Crippen LogP contribution is -2.41. The second-order valence-corrected chi connectivity index (χ2v) is 14.0. The molecule has 4 aromatic rings. The topological polar surface area (TPSA) is 123 Å². The molecule has 3 aromatic heterocycles. The quantitative estimate of drug-likeness (QED) is 0.204. The number of morpholine rings is 1. The predicted molar refractivity (Wildman–Crippen MR) is 172 cm³/mol. The molecule has 0 spiro atoms. The minimum atomic E-state index is -1.21. The SMILES string of the molecule is O=C(NCCN1CCOCC1)c1cc(F)c2nc(C3(O)CCC(OCc4c(-c5c(Cl)cncc5Cl)noc4C4CC4)CC3)sc2c1. The Balaban J connectivity index is 0.995. The van der Waals surface area contributed by atoms with Crippen molar-refractivity contribution in [2.75, 3.05) is 39.4 Å². The molecule has 0 unspecified atom stereocenters. The van der Waals surface area contributed by atoms with Gasteiger partial charge in [-0.1, -0.05) is 28.4 Å². The van der Waals surface area contributed by atoms with E-state index in [4.69, 9.17) is 37.2 Å². The number of amides is 1. The van der Waals surface area contributed by atoms with Crippen molar-refractivity contribution in [2.45, 2.75) is 62.8 Å². The highest BCUT2D eigenvalue weighted by Gasteiger charge is 2.39. The molecule has 14 heteroatoms. The van der Waals surface area contributed by atoms with Crippen LogP contribution in [0, 0.1) is 5.82 Å². The molecule has 3 fully saturated rings. The molecule has 3 aliphatic rings. The van der Waals surface area contributed by atoms with E-state index in [9.17, 15) is 9.90 Å². The number of benzene rings is 1. The summed E-state index contributed by atoms with van der Waals surface area (Å²) in [7, 11) is 0. The lowest BCUT2D eigenvalue weighted by molar-refractivity contribution is -0.0641. The number of hydrogen-bond acceptors (Lipinski definition) is 10. The highest BCUT2D eigenvalue weighted by atomic mass is 35.5. The summed E-state index contributed by atoms with van der Waals surface area (Å²) in [5.41, 5.74) is 1.16. The summed E-state index contributed by atoms with van der Waals surface area (Å²) in [4.78, 5) is 23.6. The van der Waals surface area contributed by atoms with Gasteiger partial charge in [0.15, 0.2) is 5.82 Å². The number of nitrogens with zero attached hydrogens (tertiary/aromatic N) is 4. The second kappa shape index (κ2) is 13.4. The molecule has 46 heavy (non-hydrogen) atoms. The molecule has 2 N–H and O–H groups in total. The van der Waals surface area contributed by atoms with Crippen molar-refractivity contribution >= 4 is 50.7 Å². The summed E-state index contributed by atoms with van der Waals surface area (Å²) in [6, 6.07) is 2.86. The molecule has 244 valence electrons. The highest BCUT2D eigenvalue weighted by molar-refractivity contribution is 7.18. The number of carbonyl (C=O) groups is 1. The van der Waals surface area contributed by atoms with E-state index in [0.29, 0.717) is 88.9 Å². The number of rotatable bonds is 10. The average Bonchev–Trinajstić information content (AvgIpc) is 3.65. The Bertz CT molecular complexity index is 1710. The van der Waals surface area contributed by atoms with Crippen LogP contribution in [0.25, 0.3) is 21.5 Å². The highest BCUT2D eigenvalue weighted by Crippen LogP contribution is 2.47. The maximum Gasteiger partial charge on any atom is 0.251 e. The van der Waals surface area contributed by atoms with Crippen LogP contribution >= 0.6 is 34.5 Å². The molecule has 1 saturated heterocycles. The first kappa shape index (κ1) is 31.9. The molecule has 2 aliphatic carbocycles. The van der Waals surface area contributed by atoms with Gasteiger partial charge in [0.1, 0.15) is 27.6 Å². The van der Waals surface area contributed by atoms with Crippen LogP contribution in [-0.4, -0.2) is 76.5 Å². The number of nitrogens with one attached hydrogen (secondary N) is 1. The molecule has 1 amide bonds. The third kappa shape index (κ3) is 6.66. The number of thiazole rings is 1. The number of pyridine rings is 1. The number of halogens is 3. The first-order chi connectivity index (χ1) is 22.3. The van der Waals surface area contributed by atoms with Gasteiger partial charge in [-0.2, -0.15) is 0 Å². The number of aliphatic hydroxyl groups is 1. The molecule has 4 heterocycles. The minimum Gasteiger partial charge on any atom is -0.383 e. The molecule has 10 nitrogen and oxygen atoms in total. The largest absolute Gasteiger partial charge is 0.383 e. The lowest BCUT2D eigenvalue weighted by atomic mass is 9.83. The number of fused-ring (bicyclic) bond motifs is 1. The van der Waals surface area contributed by atoms with E-state index in [2.05, 4.69) is 25.3 Å². The zero-order valence-corrected chi connectivity index (χ0v) is 27.4. The predicted octanol–water partition coefficient (Wildman–Crippen LogP) is 6.08. The third-order valence-electron chi connectivity index (χ3n) is 9.01. The minimum absolute atomic E-state index is 0.114. The molecule has 0 radical (unpaired) electrons. The van der Waals surface area contributed by atoms with E-state index in [1.165, 1.54) is 29.8 Å². The van der Waals surface area contributed by atoms with Gasteiger partial charge in [-0.15, -0.1) is 11.3 Å². The number of carbonyl (C=O) groups excluding carboxylic acids is 1. The number of aromatic nitrogens is 3. The zero-order chi connectivity index (χ0) is 31.8. The van der Waals surface area contributed by atoms with Crippen LogP contribution in [0.1, 0.15) is 71.1 Å². The average molecular weight is 691 g/mol. The van der Waals surface area contributed by atoms with Crippen molar-refractivity contribution in [3.8, 4) is 11.3 Å². The Morgan fingerprint density at radius 2 is 1.89 bits per heavy atom. The van der Waals surface area contributed by atoms with Gasteiger partial charge in [0.05, 0.1) is 40.7 Å². The monoisotopic (exact) mass is 689 g/mol. The molecule has 2 saturated carbocycles. The molecular formula is C32H34Cl2FN5O5S. The fraction of sp³-hybridized carbons (Fsp3) is 0.500. The summed E-state index contributed by atoms with van der Waals surface area (Å²) < 4.78 is 33.1. The number of ether oxygens (including phenoxy) is 2. The standard InChI is InChI=1S/C32H34Cl2FN5O5S/c33-22-15-36-16-23(34)26(22)27-21(29(45-39-27)18-1-2-18)17-44-20-3-5-32(42,6-4-20)31-38-28-24(35)13-19(14-25(28)46-31)30(41)37-7-8-40-9-11-43-12-10-40/h13-16,18,20,42H,1-12,17H2,(H,37,41). The Morgan fingerprint density at radius 3 is 2.61 bits per heavy atom. The Hall–Kier alpha value is -2.71. The third-order valence-corrected chi connectivity index (χ3v) is 10.8. The molecule has 7 rings (SSSR count). The fourth-order valence-electron chi connectivity index (χ4n) is 6.19. The molecule has 1 aliphatic heterocycles. The van der Waals surface area contributed by atoms with Crippen LogP contribution in [0.3, 0.4) is 0 Å². The fourth-order valence-corrected chi connectivity index (χ4v) is 7.89. The molecule has 1 aromatic carbocycles. The van der Waals surface area contributed by atoms with Crippen molar-refractivity contribution in [1.29, 1.82) is 0 Å². The number of hydrogen-bond donors (Lipinski definition) is 2. The first-order valence-electron chi connectivity index (χ1n) is 15.6. The van der Waals surface area contributed by atoms with Gasteiger partial charge in [-0.3, -0.25) is 14.7 Å². The molecule has 0 atom stereocenters. The molecular weight excluding hydrogens is 656 g/mol. The lowest BCUT2D eigenvalue weighted by Gasteiger charge is -2.34. The van der Waals surface area contributed by atoms with E-state index in [-0.39, 0.29) is 29.7 Å². The van der Waals surface area contributed by atoms with Gasteiger partial charge < -0.3 is 24.4 Å². The zero-order valence-electron chi connectivity index (χ0n) is 25.1. The van der Waals surface area contributed by atoms with Gasteiger partial charge in [0.25, 0.3) is 5.91 Å². The van der Waals surface area contributed by atoms with Gasteiger partial charge >= 0.3 is 0 Å².